The second kappa shape index (κ2) is 15.2. The molecule has 0 saturated carbocycles. The molecular formula is C33H35FN4O6S. The molecule has 0 fully saturated rings. The number of nitrogens with zero attached hydrogens (tertiary/aromatic N) is 3. The van der Waals surface area contributed by atoms with Crippen LogP contribution in [0.15, 0.2) is 71.9 Å². The highest BCUT2D eigenvalue weighted by atomic mass is 32.2. The number of carbonyl (C=O) groups excluding carboxylic acids is 2. The Hall–Kier alpha value is -4.84. The Balaban J connectivity index is 1.82. The Kier molecular flexibility index (Phi) is 11.2. The quantitative estimate of drug-likeness (QED) is 0.145. The predicted octanol–water partition coefficient (Wildman–Crippen LogP) is 5.77. The summed E-state index contributed by atoms with van der Waals surface area (Å²) in [6.07, 6.45) is 0. The number of ether oxygens (including phenoxy) is 4. The van der Waals surface area contributed by atoms with Crippen LogP contribution in [0.1, 0.15) is 28.6 Å². The normalized spacial score (nSPS) is 11.4. The molecule has 10 nitrogen and oxygen atoms in total. The molecule has 0 radical (unpaired) electrons. The largest absolute Gasteiger partial charge is 0.497 e. The number of thioether (sulfide) groups is 1. The van der Waals surface area contributed by atoms with Crippen LogP contribution in [-0.4, -0.2) is 60.9 Å². The molecule has 45 heavy (non-hydrogen) atoms. The number of aryl methyl sites for hydroxylation is 2. The standard InChI is InChI=1S/C33H35FN4O6S/c1-20-15-21(2)36-33(35-20)45-19-29(39)38(18-22-9-7-8-10-26(22)34)30(32(40)37-24-11-13-25(41-3)14-12-24)23-16-27(42-4)31(44-6)28(17-23)43-5/h7-17,30H,18-19H2,1-6H3,(H,37,40). The van der Waals surface area contributed by atoms with Gasteiger partial charge in [-0.1, -0.05) is 30.0 Å². The van der Waals surface area contributed by atoms with E-state index in [0.29, 0.717) is 27.9 Å². The van der Waals surface area contributed by atoms with Gasteiger partial charge in [0.05, 0.1) is 34.2 Å². The topological polar surface area (TPSA) is 112 Å². The number of benzene rings is 3. The Morgan fingerprint density at radius 3 is 2.04 bits per heavy atom. The summed E-state index contributed by atoms with van der Waals surface area (Å²) in [5, 5.41) is 3.31. The number of aromatic nitrogens is 2. The fraction of sp³-hybridized carbons (Fsp3) is 0.273. The van der Waals surface area contributed by atoms with E-state index in [1.165, 1.54) is 32.3 Å². The van der Waals surface area contributed by atoms with Crippen LogP contribution in [0.3, 0.4) is 0 Å². The van der Waals surface area contributed by atoms with Crippen LogP contribution in [0.4, 0.5) is 10.1 Å². The van der Waals surface area contributed by atoms with Gasteiger partial charge in [-0.2, -0.15) is 0 Å². The number of amides is 2. The SMILES string of the molecule is COc1ccc(NC(=O)C(c2cc(OC)c(OC)c(OC)c2)N(Cc2ccccc2F)C(=O)CSc2nc(C)cc(C)n2)cc1. The lowest BCUT2D eigenvalue weighted by molar-refractivity contribution is -0.137. The Morgan fingerprint density at radius 1 is 0.867 bits per heavy atom. The number of hydrogen-bond acceptors (Lipinski definition) is 9. The van der Waals surface area contributed by atoms with Gasteiger partial charge in [0.15, 0.2) is 16.7 Å². The monoisotopic (exact) mass is 634 g/mol. The van der Waals surface area contributed by atoms with Gasteiger partial charge in [-0.3, -0.25) is 9.59 Å². The molecule has 3 aromatic carbocycles. The molecule has 4 aromatic rings. The molecule has 0 bridgehead atoms. The first-order valence-electron chi connectivity index (χ1n) is 13.9. The Bertz CT molecular complexity index is 1610. The van der Waals surface area contributed by atoms with Crippen molar-refractivity contribution in [1.82, 2.24) is 14.9 Å². The summed E-state index contributed by atoms with van der Waals surface area (Å²) in [4.78, 5) is 38.5. The van der Waals surface area contributed by atoms with Crippen molar-refractivity contribution in [3.05, 3.63) is 95.1 Å². The van der Waals surface area contributed by atoms with Gasteiger partial charge in [0, 0.05) is 29.2 Å². The molecule has 236 valence electrons. The van der Waals surface area contributed by atoms with E-state index in [1.54, 1.807) is 61.7 Å². The smallest absolute Gasteiger partial charge is 0.251 e. The van der Waals surface area contributed by atoms with Crippen LogP contribution in [0.2, 0.25) is 0 Å². The van der Waals surface area contributed by atoms with Gasteiger partial charge in [-0.25, -0.2) is 14.4 Å². The number of methoxy groups -OCH3 is 4. The number of hydrogen-bond donors (Lipinski definition) is 1. The molecule has 0 spiro atoms. The van der Waals surface area contributed by atoms with Gasteiger partial charge < -0.3 is 29.2 Å². The van der Waals surface area contributed by atoms with Crippen LogP contribution >= 0.6 is 11.8 Å². The second-order valence-electron chi connectivity index (χ2n) is 9.91. The van der Waals surface area contributed by atoms with Crippen molar-refractivity contribution in [3.63, 3.8) is 0 Å². The fourth-order valence-electron chi connectivity index (χ4n) is 4.72. The highest BCUT2D eigenvalue weighted by molar-refractivity contribution is 7.99. The fourth-order valence-corrected chi connectivity index (χ4v) is 5.55. The maximum absolute atomic E-state index is 15.0. The summed E-state index contributed by atoms with van der Waals surface area (Å²) in [6, 6.07) is 16.6. The van der Waals surface area contributed by atoms with Crippen molar-refractivity contribution in [1.29, 1.82) is 0 Å². The zero-order valence-corrected chi connectivity index (χ0v) is 26.7. The molecule has 4 rings (SSSR count). The summed E-state index contributed by atoms with van der Waals surface area (Å²) in [5.41, 5.74) is 2.57. The van der Waals surface area contributed by atoms with E-state index < -0.39 is 23.7 Å². The first-order valence-corrected chi connectivity index (χ1v) is 14.9. The minimum Gasteiger partial charge on any atom is -0.497 e. The molecule has 0 aliphatic carbocycles. The van der Waals surface area contributed by atoms with Gasteiger partial charge >= 0.3 is 0 Å². The maximum Gasteiger partial charge on any atom is 0.251 e. The minimum atomic E-state index is -1.26. The van der Waals surface area contributed by atoms with Crippen LogP contribution in [0, 0.1) is 19.7 Å². The van der Waals surface area contributed by atoms with E-state index in [2.05, 4.69) is 15.3 Å². The van der Waals surface area contributed by atoms with Crippen LogP contribution in [0.5, 0.6) is 23.0 Å². The van der Waals surface area contributed by atoms with E-state index in [0.717, 1.165) is 23.1 Å². The Morgan fingerprint density at radius 2 is 1.49 bits per heavy atom. The highest BCUT2D eigenvalue weighted by Crippen LogP contribution is 2.41. The first kappa shape index (κ1) is 33.1. The van der Waals surface area contributed by atoms with E-state index in [1.807, 2.05) is 19.9 Å². The summed E-state index contributed by atoms with van der Waals surface area (Å²) in [6.45, 7) is 3.47. The third-order valence-corrected chi connectivity index (χ3v) is 7.66. The highest BCUT2D eigenvalue weighted by Gasteiger charge is 2.34. The lowest BCUT2D eigenvalue weighted by Crippen LogP contribution is -2.42. The molecule has 0 aliphatic rings. The van der Waals surface area contributed by atoms with Crippen molar-refractivity contribution in [2.45, 2.75) is 31.6 Å². The molecule has 1 unspecified atom stereocenters. The van der Waals surface area contributed by atoms with E-state index in [9.17, 15) is 9.59 Å². The molecule has 0 saturated heterocycles. The van der Waals surface area contributed by atoms with Gasteiger partial charge in [0.25, 0.3) is 5.91 Å². The third-order valence-electron chi connectivity index (χ3n) is 6.83. The van der Waals surface area contributed by atoms with Crippen molar-refractivity contribution in [3.8, 4) is 23.0 Å². The summed E-state index contributed by atoms with van der Waals surface area (Å²) < 4.78 is 36.9. The molecule has 2 amide bonds. The van der Waals surface area contributed by atoms with Gasteiger partial charge in [-0.15, -0.1) is 0 Å². The van der Waals surface area contributed by atoms with Crippen molar-refractivity contribution in [2.75, 3.05) is 39.5 Å². The van der Waals surface area contributed by atoms with Crippen LogP contribution in [0.25, 0.3) is 0 Å². The third kappa shape index (κ3) is 8.21. The molecule has 1 N–H and O–H groups in total. The summed E-state index contributed by atoms with van der Waals surface area (Å²) in [5.74, 6) is -0.144. The molecular weight excluding hydrogens is 599 g/mol. The summed E-state index contributed by atoms with van der Waals surface area (Å²) >= 11 is 1.13. The lowest BCUT2D eigenvalue weighted by atomic mass is 10.0. The van der Waals surface area contributed by atoms with E-state index in [-0.39, 0.29) is 29.4 Å². The van der Waals surface area contributed by atoms with Crippen molar-refractivity contribution < 1.29 is 32.9 Å². The average molecular weight is 635 g/mol. The van der Waals surface area contributed by atoms with Crippen molar-refractivity contribution >= 4 is 29.3 Å². The molecule has 0 aliphatic heterocycles. The number of anilines is 1. The summed E-state index contributed by atoms with van der Waals surface area (Å²) in [7, 11) is 5.92. The molecule has 1 atom stereocenters. The van der Waals surface area contributed by atoms with E-state index in [4.69, 9.17) is 18.9 Å². The molecule has 1 heterocycles. The van der Waals surface area contributed by atoms with Crippen LogP contribution in [-0.2, 0) is 16.1 Å². The van der Waals surface area contributed by atoms with E-state index >= 15 is 4.39 Å². The molecule has 12 heteroatoms. The lowest BCUT2D eigenvalue weighted by Gasteiger charge is -2.32. The number of rotatable bonds is 13. The second-order valence-corrected chi connectivity index (χ2v) is 10.9. The van der Waals surface area contributed by atoms with Gasteiger partial charge in [-0.05, 0) is 67.9 Å². The zero-order chi connectivity index (χ0) is 32.5. The average Bonchev–Trinajstić information content (AvgIpc) is 3.03. The number of halogens is 1. The van der Waals surface area contributed by atoms with Gasteiger partial charge in [0.2, 0.25) is 11.7 Å². The zero-order valence-electron chi connectivity index (χ0n) is 25.9. The van der Waals surface area contributed by atoms with Gasteiger partial charge in [0.1, 0.15) is 17.6 Å². The van der Waals surface area contributed by atoms with Crippen molar-refractivity contribution in [2.24, 2.45) is 0 Å². The minimum absolute atomic E-state index is 0.117. The molecule has 1 aromatic heterocycles. The number of nitrogens with one attached hydrogen (secondary N) is 1. The maximum atomic E-state index is 15.0. The predicted molar refractivity (Wildman–Crippen MR) is 170 cm³/mol. The number of carbonyl (C=O) groups is 2. The Labute approximate surface area is 265 Å². The first-order chi connectivity index (χ1) is 21.7. The van der Waals surface area contributed by atoms with Crippen LogP contribution < -0.4 is 24.3 Å².